The van der Waals surface area contributed by atoms with Crippen LogP contribution in [0.15, 0.2) is 0 Å². The van der Waals surface area contributed by atoms with Crippen molar-refractivity contribution in [2.24, 2.45) is 11.7 Å². The van der Waals surface area contributed by atoms with Crippen LogP contribution in [0.1, 0.15) is 19.3 Å². The molecule has 0 aromatic heterocycles. The monoisotopic (exact) mass is 230 g/mol. The van der Waals surface area contributed by atoms with E-state index in [1.807, 2.05) is 0 Å². The molecule has 0 spiro atoms. The van der Waals surface area contributed by atoms with Crippen molar-refractivity contribution < 1.29 is 14.6 Å². The molecule has 0 radical (unpaired) electrons. The summed E-state index contributed by atoms with van der Waals surface area (Å²) in [4.78, 5) is 13.7. The molecule has 16 heavy (non-hydrogen) atoms. The number of nitrogens with two attached hydrogens (primary N) is 1. The van der Waals surface area contributed by atoms with Crippen LogP contribution in [0, 0.1) is 5.92 Å². The summed E-state index contributed by atoms with van der Waals surface area (Å²) < 4.78 is 5.18. The lowest BCUT2D eigenvalue weighted by atomic mass is 10.0. The summed E-state index contributed by atoms with van der Waals surface area (Å²) in [6.07, 6.45) is 2.67. The molecule has 0 aliphatic carbocycles. The predicted molar refractivity (Wildman–Crippen MR) is 60.9 cm³/mol. The zero-order valence-electron chi connectivity index (χ0n) is 9.89. The first-order chi connectivity index (χ1) is 7.66. The third-order valence-electron chi connectivity index (χ3n) is 2.97. The standard InChI is InChI=1S/C11H22N2O3/c1-13(5-3-2-4-6-14)11(15)9-7-16-8-10(9)12/h9-10,14H,2-8,12H2,1H3. The molecule has 3 N–H and O–H groups in total. The van der Waals surface area contributed by atoms with Crippen LogP contribution < -0.4 is 5.73 Å². The molecule has 1 aliphatic heterocycles. The van der Waals surface area contributed by atoms with Crippen LogP contribution in [0.25, 0.3) is 0 Å². The number of ether oxygens (including phenoxy) is 1. The lowest BCUT2D eigenvalue weighted by Crippen LogP contribution is -2.42. The Balaban J connectivity index is 2.24. The van der Waals surface area contributed by atoms with Crippen molar-refractivity contribution in [2.45, 2.75) is 25.3 Å². The highest BCUT2D eigenvalue weighted by Crippen LogP contribution is 2.14. The van der Waals surface area contributed by atoms with E-state index in [-0.39, 0.29) is 24.5 Å². The first-order valence-corrected chi connectivity index (χ1v) is 5.86. The lowest BCUT2D eigenvalue weighted by molar-refractivity contribution is -0.134. The van der Waals surface area contributed by atoms with Crippen LogP contribution >= 0.6 is 0 Å². The second-order valence-corrected chi connectivity index (χ2v) is 4.35. The van der Waals surface area contributed by atoms with Gasteiger partial charge in [0.15, 0.2) is 0 Å². The second kappa shape index (κ2) is 6.83. The smallest absolute Gasteiger partial charge is 0.229 e. The molecular weight excluding hydrogens is 208 g/mol. The number of nitrogens with zero attached hydrogens (tertiary/aromatic N) is 1. The third-order valence-corrected chi connectivity index (χ3v) is 2.97. The molecule has 1 aliphatic rings. The van der Waals surface area contributed by atoms with Crippen LogP contribution in [0.3, 0.4) is 0 Å². The van der Waals surface area contributed by atoms with Crippen molar-refractivity contribution in [2.75, 3.05) is 33.4 Å². The SMILES string of the molecule is CN(CCCCCO)C(=O)C1COCC1N. The fraction of sp³-hybridized carbons (Fsp3) is 0.909. The largest absolute Gasteiger partial charge is 0.396 e. The van der Waals surface area contributed by atoms with E-state index in [9.17, 15) is 4.79 Å². The summed E-state index contributed by atoms with van der Waals surface area (Å²) in [7, 11) is 1.80. The highest BCUT2D eigenvalue weighted by atomic mass is 16.5. The van der Waals surface area contributed by atoms with Gasteiger partial charge in [-0.05, 0) is 19.3 Å². The molecule has 1 amide bonds. The van der Waals surface area contributed by atoms with Crippen molar-refractivity contribution in [3.05, 3.63) is 0 Å². The number of unbranched alkanes of at least 4 members (excludes halogenated alkanes) is 2. The number of amides is 1. The Labute approximate surface area is 96.6 Å². The van der Waals surface area contributed by atoms with Gasteiger partial charge in [-0.2, -0.15) is 0 Å². The van der Waals surface area contributed by atoms with E-state index in [0.29, 0.717) is 13.2 Å². The van der Waals surface area contributed by atoms with Crippen LogP contribution in [0.2, 0.25) is 0 Å². The number of hydrogen-bond donors (Lipinski definition) is 2. The zero-order chi connectivity index (χ0) is 12.0. The Bertz CT molecular complexity index is 223. The number of carbonyl (C=O) groups excluding carboxylic acids is 1. The fourth-order valence-corrected chi connectivity index (χ4v) is 1.86. The maximum atomic E-state index is 11.9. The van der Waals surface area contributed by atoms with Gasteiger partial charge >= 0.3 is 0 Å². The highest BCUT2D eigenvalue weighted by Gasteiger charge is 2.32. The molecule has 5 heteroatoms. The normalized spacial score (nSPS) is 24.7. The van der Waals surface area contributed by atoms with Crippen molar-refractivity contribution in [1.29, 1.82) is 0 Å². The van der Waals surface area contributed by atoms with Crippen LogP contribution in [-0.4, -0.2) is 55.4 Å². The van der Waals surface area contributed by atoms with Gasteiger partial charge in [0, 0.05) is 26.2 Å². The lowest BCUT2D eigenvalue weighted by Gasteiger charge is -2.22. The van der Waals surface area contributed by atoms with Gasteiger partial charge in [-0.25, -0.2) is 0 Å². The molecule has 1 fully saturated rings. The van der Waals surface area contributed by atoms with Crippen LogP contribution in [-0.2, 0) is 9.53 Å². The zero-order valence-corrected chi connectivity index (χ0v) is 9.89. The van der Waals surface area contributed by atoms with Gasteiger partial charge in [-0.15, -0.1) is 0 Å². The minimum atomic E-state index is -0.178. The Kier molecular flexibility index (Phi) is 5.73. The second-order valence-electron chi connectivity index (χ2n) is 4.35. The maximum absolute atomic E-state index is 11.9. The summed E-state index contributed by atoms with van der Waals surface area (Å²) in [5.74, 6) is -0.100. The minimum absolute atomic E-state index is 0.0778. The Morgan fingerprint density at radius 3 is 2.75 bits per heavy atom. The van der Waals surface area contributed by atoms with Crippen molar-refractivity contribution >= 4 is 5.91 Å². The van der Waals surface area contributed by atoms with E-state index in [0.717, 1.165) is 25.8 Å². The van der Waals surface area contributed by atoms with E-state index in [1.54, 1.807) is 11.9 Å². The molecule has 0 aromatic carbocycles. The molecule has 1 saturated heterocycles. The molecule has 0 aromatic rings. The van der Waals surface area contributed by atoms with Gasteiger partial charge in [0.2, 0.25) is 5.91 Å². The van der Waals surface area contributed by atoms with Gasteiger partial charge in [-0.3, -0.25) is 4.79 Å². The first kappa shape index (κ1) is 13.4. The van der Waals surface area contributed by atoms with Gasteiger partial charge < -0.3 is 20.5 Å². The molecule has 1 heterocycles. The molecule has 0 saturated carbocycles. The van der Waals surface area contributed by atoms with Crippen molar-refractivity contribution in [3.8, 4) is 0 Å². The third kappa shape index (κ3) is 3.73. The summed E-state index contributed by atoms with van der Waals surface area (Å²) in [6.45, 7) is 1.87. The van der Waals surface area contributed by atoms with Crippen LogP contribution in [0.5, 0.6) is 0 Å². The topological polar surface area (TPSA) is 75.8 Å². The summed E-state index contributed by atoms with van der Waals surface area (Å²) >= 11 is 0. The summed E-state index contributed by atoms with van der Waals surface area (Å²) in [6, 6.07) is -0.160. The van der Waals surface area contributed by atoms with E-state index in [4.69, 9.17) is 15.6 Å². The van der Waals surface area contributed by atoms with Crippen molar-refractivity contribution in [1.82, 2.24) is 4.90 Å². The Hall–Kier alpha value is -0.650. The molecule has 5 nitrogen and oxygen atoms in total. The van der Waals surface area contributed by atoms with Crippen LogP contribution in [0.4, 0.5) is 0 Å². The van der Waals surface area contributed by atoms with Crippen molar-refractivity contribution in [3.63, 3.8) is 0 Å². The molecule has 2 atom stereocenters. The molecule has 2 unspecified atom stereocenters. The Morgan fingerprint density at radius 2 is 2.19 bits per heavy atom. The van der Waals surface area contributed by atoms with Gasteiger partial charge in [-0.1, -0.05) is 0 Å². The predicted octanol–water partition coefficient (Wildman–Crippen LogP) is -0.419. The summed E-state index contributed by atoms with van der Waals surface area (Å²) in [5, 5.41) is 8.63. The maximum Gasteiger partial charge on any atom is 0.229 e. The van der Waals surface area contributed by atoms with Gasteiger partial charge in [0.25, 0.3) is 0 Å². The molecular formula is C11H22N2O3. The highest BCUT2D eigenvalue weighted by molar-refractivity contribution is 5.79. The molecule has 0 bridgehead atoms. The van der Waals surface area contributed by atoms with E-state index in [1.165, 1.54) is 0 Å². The minimum Gasteiger partial charge on any atom is -0.396 e. The quantitative estimate of drug-likeness (QED) is 0.608. The van der Waals surface area contributed by atoms with E-state index in [2.05, 4.69) is 0 Å². The van der Waals surface area contributed by atoms with E-state index < -0.39 is 0 Å². The Morgan fingerprint density at radius 1 is 1.44 bits per heavy atom. The first-order valence-electron chi connectivity index (χ1n) is 5.86. The number of rotatable bonds is 6. The molecule has 1 rings (SSSR count). The number of carbonyl (C=O) groups is 1. The number of aliphatic hydroxyl groups excluding tert-OH is 1. The average Bonchev–Trinajstić information content (AvgIpc) is 2.69. The number of hydrogen-bond acceptors (Lipinski definition) is 4. The van der Waals surface area contributed by atoms with Gasteiger partial charge in [0.1, 0.15) is 0 Å². The number of aliphatic hydroxyl groups is 1. The van der Waals surface area contributed by atoms with Gasteiger partial charge in [0.05, 0.1) is 19.1 Å². The fourth-order valence-electron chi connectivity index (χ4n) is 1.86. The molecule has 94 valence electrons. The average molecular weight is 230 g/mol. The van der Waals surface area contributed by atoms with E-state index >= 15 is 0 Å². The summed E-state index contributed by atoms with van der Waals surface area (Å²) in [5.41, 5.74) is 5.79.